The smallest absolute Gasteiger partial charge is 0.251 e. The van der Waals surface area contributed by atoms with Crippen molar-refractivity contribution in [3.05, 3.63) is 29.3 Å². The fraction of sp³-hybridized carbons (Fsp3) is 0.611. The molecule has 122 valence electrons. The molecule has 2 rings (SSSR count). The van der Waals surface area contributed by atoms with E-state index in [4.69, 9.17) is 5.73 Å². The lowest BCUT2D eigenvalue weighted by molar-refractivity contribution is 0.0949. The number of benzene rings is 1. The number of amides is 1. The zero-order valence-corrected chi connectivity index (χ0v) is 14.1. The molecule has 0 aromatic heterocycles. The Bertz CT molecular complexity index is 505. The normalized spacial score (nSPS) is 16.9. The highest BCUT2D eigenvalue weighted by Crippen LogP contribution is 2.21. The second-order valence-electron chi connectivity index (χ2n) is 6.98. The standard InChI is InChI=1S/C18H29N3O/c1-13(2)11-20-18(22)15-4-5-16(17(19)10-15)12-21-8-6-14(3)7-9-21/h4-5,10,13-14H,6-9,11-12,19H2,1-3H3,(H,20,22). The van der Waals surface area contributed by atoms with Gasteiger partial charge in [-0.2, -0.15) is 0 Å². The molecule has 1 aliphatic heterocycles. The minimum absolute atomic E-state index is 0.0428. The largest absolute Gasteiger partial charge is 0.398 e. The number of piperidine rings is 1. The molecule has 0 bridgehead atoms. The van der Waals surface area contributed by atoms with Gasteiger partial charge in [0.1, 0.15) is 0 Å². The van der Waals surface area contributed by atoms with E-state index in [2.05, 4.69) is 31.0 Å². The number of nitrogens with two attached hydrogens (primary N) is 1. The topological polar surface area (TPSA) is 58.4 Å². The molecule has 1 saturated heterocycles. The van der Waals surface area contributed by atoms with Gasteiger partial charge in [0.05, 0.1) is 0 Å². The third-order valence-electron chi connectivity index (χ3n) is 4.35. The molecule has 0 unspecified atom stereocenters. The number of anilines is 1. The van der Waals surface area contributed by atoms with Crippen molar-refractivity contribution < 1.29 is 4.79 Å². The SMILES string of the molecule is CC(C)CNC(=O)c1ccc(CN2CCC(C)CC2)c(N)c1. The Balaban J connectivity index is 1.96. The molecule has 1 amide bonds. The molecule has 0 spiro atoms. The van der Waals surface area contributed by atoms with Crippen LogP contribution in [0.5, 0.6) is 0 Å². The first-order valence-corrected chi connectivity index (χ1v) is 8.34. The van der Waals surface area contributed by atoms with Crippen molar-refractivity contribution >= 4 is 11.6 Å². The van der Waals surface area contributed by atoms with Crippen molar-refractivity contribution in [2.75, 3.05) is 25.4 Å². The Hall–Kier alpha value is -1.55. The number of carbonyl (C=O) groups is 1. The average molecular weight is 303 g/mol. The van der Waals surface area contributed by atoms with Crippen molar-refractivity contribution in [1.82, 2.24) is 10.2 Å². The molecule has 4 heteroatoms. The summed E-state index contributed by atoms with van der Waals surface area (Å²) in [4.78, 5) is 14.5. The minimum Gasteiger partial charge on any atom is -0.398 e. The molecule has 0 aliphatic carbocycles. The third kappa shape index (κ3) is 4.73. The van der Waals surface area contributed by atoms with Crippen LogP contribution in [-0.4, -0.2) is 30.4 Å². The van der Waals surface area contributed by atoms with Gasteiger partial charge >= 0.3 is 0 Å². The second kappa shape index (κ2) is 7.63. The lowest BCUT2D eigenvalue weighted by Crippen LogP contribution is -2.32. The maximum absolute atomic E-state index is 12.1. The van der Waals surface area contributed by atoms with E-state index >= 15 is 0 Å². The quantitative estimate of drug-likeness (QED) is 0.822. The van der Waals surface area contributed by atoms with Gasteiger partial charge in [-0.1, -0.05) is 26.8 Å². The summed E-state index contributed by atoms with van der Waals surface area (Å²) in [6.07, 6.45) is 2.52. The van der Waals surface area contributed by atoms with E-state index in [1.807, 2.05) is 12.1 Å². The molecule has 4 nitrogen and oxygen atoms in total. The number of likely N-dealkylation sites (tertiary alicyclic amines) is 1. The number of nitrogens with zero attached hydrogens (tertiary/aromatic N) is 1. The Morgan fingerprint density at radius 2 is 2.05 bits per heavy atom. The van der Waals surface area contributed by atoms with Gasteiger partial charge in [-0.25, -0.2) is 0 Å². The van der Waals surface area contributed by atoms with E-state index < -0.39 is 0 Å². The summed E-state index contributed by atoms with van der Waals surface area (Å²) in [6.45, 7) is 10.3. The summed E-state index contributed by atoms with van der Waals surface area (Å²) in [5.41, 5.74) is 8.64. The molecule has 1 heterocycles. The minimum atomic E-state index is -0.0428. The fourth-order valence-electron chi connectivity index (χ4n) is 2.74. The van der Waals surface area contributed by atoms with E-state index in [1.165, 1.54) is 12.8 Å². The van der Waals surface area contributed by atoms with Gasteiger partial charge in [0.2, 0.25) is 0 Å². The van der Waals surface area contributed by atoms with Gasteiger partial charge in [-0.05, 0) is 55.5 Å². The lowest BCUT2D eigenvalue weighted by Gasteiger charge is -2.30. The molecule has 1 aliphatic rings. The van der Waals surface area contributed by atoms with Crippen LogP contribution in [0.15, 0.2) is 18.2 Å². The summed E-state index contributed by atoms with van der Waals surface area (Å²) in [7, 11) is 0. The highest BCUT2D eigenvalue weighted by Gasteiger charge is 2.17. The van der Waals surface area contributed by atoms with E-state index in [0.717, 1.165) is 36.8 Å². The maximum Gasteiger partial charge on any atom is 0.251 e. The molecule has 1 aromatic rings. The van der Waals surface area contributed by atoms with Crippen LogP contribution in [-0.2, 0) is 6.54 Å². The summed E-state index contributed by atoms with van der Waals surface area (Å²) < 4.78 is 0. The number of hydrogen-bond donors (Lipinski definition) is 2. The summed E-state index contributed by atoms with van der Waals surface area (Å²) in [5, 5.41) is 2.93. The molecule has 22 heavy (non-hydrogen) atoms. The van der Waals surface area contributed by atoms with E-state index in [0.29, 0.717) is 18.0 Å². The number of nitrogens with one attached hydrogen (secondary N) is 1. The highest BCUT2D eigenvalue weighted by molar-refractivity contribution is 5.95. The van der Waals surface area contributed by atoms with Crippen molar-refractivity contribution in [1.29, 1.82) is 0 Å². The first-order valence-electron chi connectivity index (χ1n) is 8.34. The van der Waals surface area contributed by atoms with Crippen molar-refractivity contribution in [3.8, 4) is 0 Å². The Kier molecular flexibility index (Phi) is 5.83. The molecular formula is C18H29N3O. The van der Waals surface area contributed by atoms with Crippen molar-refractivity contribution in [2.24, 2.45) is 11.8 Å². The molecule has 0 radical (unpaired) electrons. The van der Waals surface area contributed by atoms with Gasteiger partial charge in [-0.3, -0.25) is 9.69 Å². The monoisotopic (exact) mass is 303 g/mol. The maximum atomic E-state index is 12.1. The number of carbonyl (C=O) groups excluding carboxylic acids is 1. The van der Waals surface area contributed by atoms with Gasteiger partial charge < -0.3 is 11.1 Å². The zero-order valence-electron chi connectivity index (χ0n) is 14.1. The molecule has 3 N–H and O–H groups in total. The van der Waals surface area contributed by atoms with Crippen LogP contribution in [0.25, 0.3) is 0 Å². The van der Waals surface area contributed by atoms with Crippen molar-refractivity contribution in [2.45, 2.75) is 40.2 Å². The van der Waals surface area contributed by atoms with Crippen LogP contribution in [0.4, 0.5) is 5.69 Å². The van der Waals surface area contributed by atoms with E-state index in [-0.39, 0.29) is 5.91 Å². The van der Waals surface area contributed by atoms with Crippen molar-refractivity contribution in [3.63, 3.8) is 0 Å². The predicted octanol–water partition coefficient (Wildman–Crippen LogP) is 2.89. The molecule has 1 fully saturated rings. The number of hydrogen-bond acceptors (Lipinski definition) is 3. The summed E-state index contributed by atoms with van der Waals surface area (Å²) in [5.74, 6) is 1.24. The van der Waals surface area contributed by atoms with Crippen LogP contribution in [0.2, 0.25) is 0 Å². The van der Waals surface area contributed by atoms with E-state index in [9.17, 15) is 4.79 Å². The molecule has 0 atom stereocenters. The Labute approximate surface area is 134 Å². The van der Waals surface area contributed by atoms with Crippen LogP contribution in [0.3, 0.4) is 0 Å². The number of nitrogen functional groups attached to an aromatic ring is 1. The Morgan fingerprint density at radius 3 is 2.64 bits per heavy atom. The van der Waals surface area contributed by atoms with Crippen LogP contribution in [0.1, 0.15) is 49.5 Å². The first kappa shape index (κ1) is 16.8. The third-order valence-corrected chi connectivity index (χ3v) is 4.35. The fourth-order valence-corrected chi connectivity index (χ4v) is 2.74. The van der Waals surface area contributed by atoms with Crippen LogP contribution < -0.4 is 11.1 Å². The first-order chi connectivity index (χ1) is 10.5. The average Bonchev–Trinajstić information content (AvgIpc) is 2.49. The lowest BCUT2D eigenvalue weighted by atomic mass is 9.98. The predicted molar refractivity (Wildman–Crippen MR) is 91.7 cm³/mol. The molecule has 1 aromatic carbocycles. The zero-order chi connectivity index (χ0) is 16.1. The summed E-state index contributed by atoms with van der Waals surface area (Å²) in [6, 6.07) is 5.68. The van der Waals surface area contributed by atoms with Gasteiger partial charge in [0.15, 0.2) is 0 Å². The molecule has 0 saturated carbocycles. The van der Waals surface area contributed by atoms with Gasteiger partial charge in [0.25, 0.3) is 5.91 Å². The van der Waals surface area contributed by atoms with Gasteiger partial charge in [0, 0.05) is 24.3 Å². The van der Waals surface area contributed by atoms with Gasteiger partial charge in [-0.15, -0.1) is 0 Å². The van der Waals surface area contributed by atoms with E-state index in [1.54, 1.807) is 6.07 Å². The summed E-state index contributed by atoms with van der Waals surface area (Å²) >= 11 is 0. The van der Waals surface area contributed by atoms with Crippen LogP contribution >= 0.6 is 0 Å². The number of rotatable bonds is 5. The van der Waals surface area contributed by atoms with Crippen LogP contribution in [0, 0.1) is 11.8 Å². The molecular weight excluding hydrogens is 274 g/mol. The Morgan fingerprint density at radius 1 is 1.36 bits per heavy atom. The second-order valence-corrected chi connectivity index (χ2v) is 6.98. The highest BCUT2D eigenvalue weighted by atomic mass is 16.1.